The first kappa shape index (κ1) is 20.2. The standard InChI is InChI=1S/C10H9NO4.C6H4INO2/c1-15-10(12)6-5-8-3-2-4-9(7-8)11(13)14;7-5-2-1-3-6(4-5)8(9)10/h2-7H,1H3;1-4H/b6-5+;. The molecular formula is C16H13IN2O6. The summed E-state index contributed by atoms with van der Waals surface area (Å²) in [6.45, 7) is 0. The highest BCUT2D eigenvalue weighted by Gasteiger charge is 2.04. The Morgan fingerprint density at radius 3 is 2.08 bits per heavy atom. The molecule has 130 valence electrons. The van der Waals surface area contributed by atoms with Crippen molar-refractivity contribution in [2.24, 2.45) is 0 Å². The van der Waals surface area contributed by atoms with Crippen LogP contribution in [0.1, 0.15) is 5.56 Å². The molecule has 0 N–H and O–H groups in total. The van der Waals surface area contributed by atoms with E-state index >= 15 is 0 Å². The Morgan fingerprint density at radius 1 is 1.04 bits per heavy atom. The second kappa shape index (κ2) is 10.1. The van der Waals surface area contributed by atoms with Crippen LogP contribution >= 0.6 is 22.6 Å². The van der Waals surface area contributed by atoms with Gasteiger partial charge in [0, 0.05) is 33.9 Å². The van der Waals surface area contributed by atoms with Crippen molar-refractivity contribution < 1.29 is 19.4 Å². The number of ether oxygens (including phenoxy) is 1. The zero-order valence-corrected chi connectivity index (χ0v) is 15.2. The fourth-order valence-electron chi connectivity index (χ4n) is 1.56. The van der Waals surface area contributed by atoms with E-state index in [0.717, 1.165) is 3.57 Å². The molecule has 2 aromatic carbocycles. The smallest absolute Gasteiger partial charge is 0.330 e. The number of nitro benzene ring substituents is 2. The van der Waals surface area contributed by atoms with Crippen LogP contribution in [-0.2, 0) is 9.53 Å². The van der Waals surface area contributed by atoms with E-state index in [-0.39, 0.29) is 11.4 Å². The van der Waals surface area contributed by atoms with Crippen molar-refractivity contribution in [2.75, 3.05) is 7.11 Å². The maximum Gasteiger partial charge on any atom is 0.330 e. The molecule has 0 saturated carbocycles. The van der Waals surface area contributed by atoms with Crippen molar-refractivity contribution in [3.05, 3.63) is 84.0 Å². The van der Waals surface area contributed by atoms with Gasteiger partial charge in [0.15, 0.2) is 0 Å². The number of benzene rings is 2. The second-order valence-electron chi connectivity index (χ2n) is 4.45. The lowest BCUT2D eigenvalue weighted by atomic mass is 10.2. The number of esters is 1. The number of carbonyl (C=O) groups excluding carboxylic acids is 1. The van der Waals surface area contributed by atoms with Crippen LogP contribution in [0.15, 0.2) is 54.6 Å². The molecule has 0 saturated heterocycles. The molecule has 0 fully saturated rings. The highest BCUT2D eigenvalue weighted by molar-refractivity contribution is 14.1. The summed E-state index contributed by atoms with van der Waals surface area (Å²) in [4.78, 5) is 30.5. The van der Waals surface area contributed by atoms with Crippen molar-refractivity contribution >= 4 is 46.0 Å². The molecule has 2 rings (SSSR count). The van der Waals surface area contributed by atoms with Crippen LogP contribution in [0.5, 0.6) is 0 Å². The predicted octanol–water partition coefficient (Wildman–Crippen LogP) is 3.98. The molecule has 0 heterocycles. The summed E-state index contributed by atoms with van der Waals surface area (Å²) in [6, 6.07) is 12.5. The third kappa shape index (κ3) is 7.52. The van der Waals surface area contributed by atoms with E-state index in [1.54, 1.807) is 18.2 Å². The molecule has 25 heavy (non-hydrogen) atoms. The van der Waals surface area contributed by atoms with E-state index in [2.05, 4.69) is 4.74 Å². The third-order valence-corrected chi connectivity index (χ3v) is 3.38. The molecule has 0 aliphatic heterocycles. The van der Waals surface area contributed by atoms with Gasteiger partial charge in [0.05, 0.1) is 17.0 Å². The average Bonchev–Trinajstić information content (AvgIpc) is 2.60. The van der Waals surface area contributed by atoms with Crippen molar-refractivity contribution in [1.82, 2.24) is 0 Å². The quantitative estimate of drug-likeness (QED) is 0.226. The average molecular weight is 456 g/mol. The summed E-state index contributed by atoms with van der Waals surface area (Å²) in [5.41, 5.74) is 0.712. The summed E-state index contributed by atoms with van der Waals surface area (Å²) in [7, 11) is 1.26. The van der Waals surface area contributed by atoms with Gasteiger partial charge in [-0.15, -0.1) is 0 Å². The van der Waals surface area contributed by atoms with Gasteiger partial charge in [-0.3, -0.25) is 20.2 Å². The summed E-state index contributed by atoms with van der Waals surface area (Å²) in [5.74, 6) is -0.499. The molecule has 0 unspecified atom stereocenters. The maximum atomic E-state index is 10.8. The first-order valence-electron chi connectivity index (χ1n) is 6.74. The monoisotopic (exact) mass is 456 g/mol. The number of hydrogen-bond acceptors (Lipinski definition) is 6. The van der Waals surface area contributed by atoms with Crippen molar-refractivity contribution in [2.45, 2.75) is 0 Å². The number of nitrogens with zero attached hydrogens (tertiary/aromatic N) is 2. The number of methoxy groups -OCH3 is 1. The van der Waals surface area contributed by atoms with Gasteiger partial charge in [-0.2, -0.15) is 0 Å². The van der Waals surface area contributed by atoms with Crippen molar-refractivity contribution in [3.8, 4) is 0 Å². The van der Waals surface area contributed by atoms with E-state index in [1.165, 1.54) is 43.5 Å². The first-order valence-corrected chi connectivity index (χ1v) is 7.82. The molecule has 0 bridgehead atoms. The van der Waals surface area contributed by atoms with Crippen LogP contribution in [0, 0.1) is 23.8 Å². The lowest BCUT2D eigenvalue weighted by molar-refractivity contribution is -0.385. The van der Waals surface area contributed by atoms with Gasteiger partial charge < -0.3 is 4.74 Å². The molecule has 9 heteroatoms. The molecule has 0 atom stereocenters. The van der Waals surface area contributed by atoms with E-state index in [0.29, 0.717) is 5.56 Å². The Balaban J connectivity index is 0.000000271. The molecule has 2 aromatic rings. The number of non-ortho nitro benzene ring substituents is 2. The van der Waals surface area contributed by atoms with Gasteiger partial charge >= 0.3 is 5.97 Å². The fraction of sp³-hybridized carbons (Fsp3) is 0.0625. The van der Waals surface area contributed by atoms with Gasteiger partial charge in [0.1, 0.15) is 0 Å². The first-order chi connectivity index (χ1) is 11.8. The van der Waals surface area contributed by atoms with Crippen LogP contribution in [0.3, 0.4) is 0 Å². The normalized spacial score (nSPS) is 9.84. The number of nitro groups is 2. The zero-order valence-electron chi connectivity index (χ0n) is 13.0. The highest BCUT2D eigenvalue weighted by Crippen LogP contribution is 2.14. The summed E-state index contributed by atoms with van der Waals surface area (Å²) in [5, 5.41) is 20.6. The summed E-state index contributed by atoms with van der Waals surface area (Å²) < 4.78 is 5.27. The Labute approximate surface area is 156 Å². The van der Waals surface area contributed by atoms with Crippen LogP contribution in [0.2, 0.25) is 0 Å². The van der Waals surface area contributed by atoms with Crippen molar-refractivity contribution in [3.63, 3.8) is 0 Å². The Kier molecular flexibility index (Phi) is 8.19. The van der Waals surface area contributed by atoms with Gasteiger partial charge in [-0.05, 0) is 40.3 Å². The van der Waals surface area contributed by atoms with Crippen LogP contribution in [0.4, 0.5) is 11.4 Å². The van der Waals surface area contributed by atoms with E-state index in [9.17, 15) is 25.0 Å². The summed E-state index contributed by atoms with van der Waals surface area (Å²) in [6.07, 6.45) is 2.66. The molecule has 0 radical (unpaired) electrons. The van der Waals surface area contributed by atoms with E-state index in [1.807, 2.05) is 28.7 Å². The molecule has 0 amide bonds. The number of halogens is 1. The lowest BCUT2D eigenvalue weighted by Crippen LogP contribution is -1.93. The topological polar surface area (TPSA) is 113 Å². The minimum absolute atomic E-state index is 0.0120. The SMILES string of the molecule is COC(=O)/C=C/c1cccc([N+](=O)[O-])c1.O=[N+]([O-])c1cccc(I)c1. The zero-order chi connectivity index (χ0) is 18.8. The largest absolute Gasteiger partial charge is 0.466 e. The Bertz CT molecular complexity index is 807. The van der Waals surface area contributed by atoms with Gasteiger partial charge in [0.25, 0.3) is 11.4 Å². The van der Waals surface area contributed by atoms with E-state index in [4.69, 9.17) is 0 Å². The maximum absolute atomic E-state index is 10.8. The Hall–Kier alpha value is -2.82. The minimum atomic E-state index is -0.499. The molecular weight excluding hydrogens is 443 g/mol. The molecule has 0 aromatic heterocycles. The number of carbonyl (C=O) groups is 1. The fourth-order valence-corrected chi connectivity index (χ4v) is 2.09. The van der Waals surface area contributed by atoms with Crippen LogP contribution < -0.4 is 0 Å². The molecule has 0 aliphatic rings. The Morgan fingerprint density at radius 2 is 1.60 bits per heavy atom. The van der Waals surface area contributed by atoms with Gasteiger partial charge in [-0.1, -0.05) is 18.2 Å². The molecule has 0 spiro atoms. The second-order valence-corrected chi connectivity index (χ2v) is 5.69. The highest BCUT2D eigenvalue weighted by atomic mass is 127. The third-order valence-electron chi connectivity index (χ3n) is 2.71. The van der Waals surface area contributed by atoms with Crippen molar-refractivity contribution in [1.29, 1.82) is 0 Å². The minimum Gasteiger partial charge on any atom is -0.466 e. The van der Waals surface area contributed by atoms with Gasteiger partial charge in [-0.25, -0.2) is 4.79 Å². The molecule has 0 aliphatic carbocycles. The number of rotatable bonds is 4. The lowest BCUT2D eigenvalue weighted by Gasteiger charge is -1.94. The van der Waals surface area contributed by atoms with Crippen LogP contribution in [0.25, 0.3) is 6.08 Å². The molecule has 8 nitrogen and oxygen atoms in total. The predicted molar refractivity (Wildman–Crippen MR) is 100.0 cm³/mol. The number of hydrogen-bond donors (Lipinski definition) is 0. The van der Waals surface area contributed by atoms with E-state index < -0.39 is 15.8 Å². The summed E-state index contributed by atoms with van der Waals surface area (Å²) >= 11 is 2.03. The van der Waals surface area contributed by atoms with Crippen LogP contribution in [-0.4, -0.2) is 22.9 Å². The van der Waals surface area contributed by atoms with Gasteiger partial charge in [0.2, 0.25) is 0 Å².